The van der Waals surface area contributed by atoms with E-state index in [2.05, 4.69) is 11.5 Å². The number of alkyl halides is 3. The highest BCUT2D eigenvalue weighted by atomic mass is 19.4. The molecule has 1 N–H and O–H groups in total. The molecule has 1 amide bonds. The Hall–Kier alpha value is -1.61. The van der Waals surface area contributed by atoms with Crippen LogP contribution in [-0.4, -0.2) is 78.9 Å². The number of hydrogen-bond acceptors (Lipinski definition) is 4. The molecule has 3 heterocycles. The second-order valence-electron chi connectivity index (χ2n) is 7.73. The van der Waals surface area contributed by atoms with Crippen molar-refractivity contribution in [3.63, 3.8) is 0 Å². The van der Waals surface area contributed by atoms with Crippen LogP contribution in [0.5, 0.6) is 0 Å². The fourth-order valence-corrected chi connectivity index (χ4v) is 4.14. The van der Waals surface area contributed by atoms with Crippen molar-refractivity contribution in [3.05, 3.63) is 12.7 Å². The Morgan fingerprint density at radius 2 is 1.75 bits per heavy atom. The third-order valence-electron chi connectivity index (χ3n) is 5.86. The molecular weight excluding hydrogens is 377 g/mol. The lowest BCUT2D eigenvalue weighted by Crippen LogP contribution is -2.46. The standard InChI is InChI=1S/C17H28N2O2.C2HF3O2/c1-2-8-19-11-7-17(16(19)20)5-9-18(10-6-17)14-15-3-12-21-13-4-15;3-2(4,5)1(6)7/h2,15H,1,3-14H2;(H,6,7). The van der Waals surface area contributed by atoms with Crippen LogP contribution in [0.2, 0.25) is 0 Å². The molecule has 0 radical (unpaired) electrons. The van der Waals surface area contributed by atoms with Gasteiger partial charge in [-0.05, 0) is 51.1 Å². The number of halogens is 3. The lowest BCUT2D eigenvalue weighted by atomic mass is 9.77. The molecule has 0 bridgehead atoms. The largest absolute Gasteiger partial charge is 0.490 e. The maximum atomic E-state index is 12.6. The van der Waals surface area contributed by atoms with Crippen LogP contribution in [0.15, 0.2) is 12.7 Å². The number of amides is 1. The fraction of sp³-hybridized carbons (Fsp3) is 0.789. The van der Waals surface area contributed by atoms with E-state index in [0.717, 1.165) is 58.0 Å². The summed E-state index contributed by atoms with van der Waals surface area (Å²) < 4.78 is 37.2. The molecule has 9 heteroatoms. The summed E-state index contributed by atoms with van der Waals surface area (Å²) in [6.45, 7) is 10.6. The molecule has 3 rings (SSSR count). The molecule has 0 aliphatic carbocycles. The predicted octanol–water partition coefficient (Wildman–Crippen LogP) is 2.55. The zero-order chi connectivity index (χ0) is 20.8. The summed E-state index contributed by atoms with van der Waals surface area (Å²) in [4.78, 5) is 26.1. The molecule has 0 saturated carbocycles. The Kier molecular flexibility index (Phi) is 7.88. The second kappa shape index (κ2) is 9.73. The summed E-state index contributed by atoms with van der Waals surface area (Å²) in [5, 5.41) is 7.12. The average Bonchev–Trinajstić information content (AvgIpc) is 2.94. The molecule has 3 aliphatic heterocycles. The van der Waals surface area contributed by atoms with Gasteiger partial charge in [-0.3, -0.25) is 4.79 Å². The Morgan fingerprint density at radius 1 is 1.21 bits per heavy atom. The van der Waals surface area contributed by atoms with Crippen molar-refractivity contribution in [2.45, 2.75) is 38.3 Å². The Bertz CT molecular complexity index is 554. The van der Waals surface area contributed by atoms with Crippen molar-refractivity contribution in [1.29, 1.82) is 0 Å². The van der Waals surface area contributed by atoms with Crippen molar-refractivity contribution in [2.75, 3.05) is 45.9 Å². The number of piperidine rings is 1. The molecule has 0 aromatic rings. The Balaban J connectivity index is 0.000000345. The summed E-state index contributed by atoms with van der Waals surface area (Å²) >= 11 is 0. The molecular formula is C19H29F3N2O4. The van der Waals surface area contributed by atoms with E-state index in [0.29, 0.717) is 12.5 Å². The van der Waals surface area contributed by atoms with Crippen LogP contribution >= 0.6 is 0 Å². The smallest absolute Gasteiger partial charge is 0.475 e. The van der Waals surface area contributed by atoms with Crippen LogP contribution in [0.4, 0.5) is 13.2 Å². The lowest BCUT2D eigenvalue weighted by molar-refractivity contribution is -0.192. The number of carboxylic acid groups (broad SMARTS) is 1. The molecule has 28 heavy (non-hydrogen) atoms. The van der Waals surface area contributed by atoms with E-state index in [1.54, 1.807) is 0 Å². The predicted molar refractivity (Wildman–Crippen MR) is 96.7 cm³/mol. The number of likely N-dealkylation sites (tertiary alicyclic amines) is 2. The maximum absolute atomic E-state index is 12.6. The number of carboxylic acids is 1. The van der Waals surface area contributed by atoms with E-state index >= 15 is 0 Å². The molecule has 0 aromatic heterocycles. The minimum absolute atomic E-state index is 0.0464. The topological polar surface area (TPSA) is 70.1 Å². The third kappa shape index (κ3) is 5.94. The van der Waals surface area contributed by atoms with Gasteiger partial charge < -0.3 is 19.6 Å². The quantitative estimate of drug-likeness (QED) is 0.727. The van der Waals surface area contributed by atoms with E-state index in [9.17, 15) is 18.0 Å². The first-order valence-corrected chi connectivity index (χ1v) is 9.68. The minimum atomic E-state index is -5.08. The summed E-state index contributed by atoms with van der Waals surface area (Å²) in [5.41, 5.74) is -0.0464. The molecule has 0 atom stereocenters. The molecule has 0 unspecified atom stereocenters. The number of carbonyl (C=O) groups is 2. The van der Waals surface area contributed by atoms with Gasteiger partial charge in [-0.1, -0.05) is 6.08 Å². The van der Waals surface area contributed by atoms with Gasteiger partial charge in [-0.2, -0.15) is 13.2 Å². The average molecular weight is 406 g/mol. The van der Waals surface area contributed by atoms with Crippen molar-refractivity contribution in [1.82, 2.24) is 9.80 Å². The lowest BCUT2D eigenvalue weighted by Gasteiger charge is -2.39. The zero-order valence-corrected chi connectivity index (χ0v) is 16.0. The van der Waals surface area contributed by atoms with Crippen LogP contribution in [0.1, 0.15) is 32.1 Å². The van der Waals surface area contributed by atoms with Gasteiger partial charge in [0.1, 0.15) is 0 Å². The van der Waals surface area contributed by atoms with Gasteiger partial charge in [0, 0.05) is 32.8 Å². The van der Waals surface area contributed by atoms with E-state index in [4.69, 9.17) is 14.6 Å². The molecule has 1 spiro atoms. The van der Waals surface area contributed by atoms with E-state index < -0.39 is 12.1 Å². The second-order valence-corrected chi connectivity index (χ2v) is 7.73. The highest BCUT2D eigenvalue weighted by Crippen LogP contribution is 2.41. The fourth-order valence-electron chi connectivity index (χ4n) is 4.14. The van der Waals surface area contributed by atoms with E-state index in [-0.39, 0.29) is 5.41 Å². The normalized spacial score (nSPS) is 23.4. The Labute approximate surface area is 163 Å². The molecule has 3 saturated heterocycles. The first-order valence-electron chi connectivity index (χ1n) is 9.68. The maximum Gasteiger partial charge on any atom is 0.490 e. The Morgan fingerprint density at radius 3 is 2.25 bits per heavy atom. The van der Waals surface area contributed by atoms with Crippen molar-refractivity contribution in [3.8, 4) is 0 Å². The number of ether oxygens (including phenoxy) is 1. The van der Waals surface area contributed by atoms with E-state index in [1.165, 1.54) is 19.4 Å². The van der Waals surface area contributed by atoms with Crippen molar-refractivity contribution >= 4 is 11.9 Å². The van der Waals surface area contributed by atoms with E-state index in [1.807, 2.05) is 11.0 Å². The number of hydrogen-bond donors (Lipinski definition) is 1. The van der Waals surface area contributed by atoms with Crippen LogP contribution in [-0.2, 0) is 14.3 Å². The molecule has 3 fully saturated rings. The van der Waals surface area contributed by atoms with Gasteiger partial charge in [0.2, 0.25) is 5.91 Å². The third-order valence-corrected chi connectivity index (χ3v) is 5.86. The van der Waals surface area contributed by atoms with Gasteiger partial charge in [-0.25, -0.2) is 4.79 Å². The van der Waals surface area contributed by atoms with Crippen LogP contribution in [0, 0.1) is 11.3 Å². The van der Waals surface area contributed by atoms with Crippen LogP contribution in [0.25, 0.3) is 0 Å². The zero-order valence-electron chi connectivity index (χ0n) is 16.0. The van der Waals surface area contributed by atoms with Gasteiger partial charge in [0.15, 0.2) is 0 Å². The molecule has 6 nitrogen and oxygen atoms in total. The summed E-state index contributed by atoms with van der Waals surface area (Å²) in [7, 11) is 0. The highest BCUT2D eigenvalue weighted by Gasteiger charge is 2.47. The summed E-state index contributed by atoms with van der Waals surface area (Å²) in [5.74, 6) is -1.58. The number of carbonyl (C=O) groups excluding carboxylic acids is 1. The first-order chi connectivity index (χ1) is 13.2. The molecule has 0 aromatic carbocycles. The van der Waals surface area contributed by atoms with Gasteiger partial charge >= 0.3 is 12.1 Å². The number of rotatable bonds is 4. The van der Waals surface area contributed by atoms with Gasteiger partial charge in [0.05, 0.1) is 5.41 Å². The minimum Gasteiger partial charge on any atom is -0.475 e. The molecule has 160 valence electrons. The van der Waals surface area contributed by atoms with Gasteiger partial charge in [-0.15, -0.1) is 6.58 Å². The van der Waals surface area contributed by atoms with Gasteiger partial charge in [0.25, 0.3) is 0 Å². The van der Waals surface area contributed by atoms with Crippen molar-refractivity contribution in [2.24, 2.45) is 11.3 Å². The number of aliphatic carboxylic acids is 1. The number of nitrogens with zero attached hydrogens (tertiary/aromatic N) is 2. The monoisotopic (exact) mass is 406 g/mol. The SMILES string of the molecule is C=CCN1CCC2(CCN(CC3CCOCC3)CC2)C1=O.O=C(O)C(F)(F)F. The summed E-state index contributed by atoms with van der Waals surface area (Å²) in [6, 6.07) is 0. The summed E-state index contributed by atoms with van der Waals surface area (Å²) in [6.07, 6.45) is 2.30. The highest BCUT2D eigenvalue weighted by molar-refractivity contribution is 5.85. The first kappa shape index (κ1) is 22.7. The van der Waals surface area contributed by atoms with Crippen LogP contribution < -0.4 is 0 Å². The van der Waals surface area contributed by atoms with Crippen molar-refractivity contribution < 1.29 is 32.6 Å². The van der Waals surface area contributed by atoms with Crippen LogP contribution in [0.3, 0.4) is 0 Å². The molecule has 3 aliphatic rings.